The highest BCUT2D eigenvalue weighted by molar-refractivity contribution is 9.12. The van der Waals surface area contributed by atoms with Crippen molar-refractivity contribution in [1.29, 1.82) is 5.41 Å². The SMILES string of the molecule is C[Si](C)(C)CCOCN1/C(=C(\Br)C=N)Nc2c(C(N)=O)cc(F)cc21. The predicted molar refractivity (Wildman–Crippen MR) is 105 cm³/mol. The van der Waals surface area contributed by atoms with Crippen molar-refractivity contribution in [3.8, 4) is 0 Å². The lowest BCUT2D eigenvalue weighted by molar-refractivity contribution is 0.100. The Bertz CT molecular complexity index is 734. The lowest BCUT2D eigenvalue weighted by Gasteiger charge is -2.22. The third kappa shape index (κ3) is 4.68. The van der Waals surface area contributed by atoms with Gasteiger partial charge in [-0.05, 0) is 34.1 Å². The van der Waals surface area contributed by atoms with Gasteiger partial charge < -0.3 is 26.1 Å². The van der Waals surface area contributed by atoms with Gasteiger partial charge in [0, 0.05) is 20.9 Å². The number of fused-ring (bicyclic) bond motifs is 1. The van der Waals surface area contributed by atoms with Crippen LogP contribution in [0.2, 0.25) is 25.7 Å². The van der Waals surface area contributed by atoms with E-state index in [1.165, 1.54) is 6.07 Å². The smallest absolute Gasteiger partial charge is 0.250 e. The zero-order valence-electron chi connectivity index (χ0n) is 14.5. The summed E-state index contributed by atoms with van der Waals surface area (Å²) in [6.45, 7) is 7.54. The molecule has 1 amide bonds. The minimum absolute atomic E-state index is 0.0578. The first-order valence-corrected chi connectivity index (χ1v) is 12.3. The van der Waals surface area contributed by atoms with Crippen molar-refractivity contribution in [2.45, 2.75) is 25.7 Å². The number of hydrogen-bond acceptors (Lipinski definition) is 5. The fraction of sp³-hybridized carbons (Fsp3) is 0.375. The maximum absolute atomic E-state index is 13.9. The summed E-state index contributed by atoms with van der Waals surface area (Å²) in [5, 5.41) is 10.5. The first-order chi connectivity index (χ1) is 11.6. The molecule has 136 valence electrons. The van der Waals surface area contributed by atoms with E-state index < -0.39 is 19.8 Å². The molecule has 1 aromatic carbocycles. The van der Waals surface area contributed by atoms with Crippen molar-refractivity contribution in [1.82, 2.24) is 0 Å². The summed E-state index contributed by atoms with van der Waals surface area (Å²) in [6, 6.07) is 3.41. The summed E-state index contributed by atoms with van der Waals surface area (Å²) in [7, 11) is -1.22. The van der Waals surface area contributed by atoms with Crippen LogP contribution in [0.3, 0.4) is 0 Å². The number of rotatable bonds is 7. The van der Waals surface area contributed by atoms with E-state index in [4.69, 9.17) is 15.9 Å². The number of carbonyl (C=O) groups excluding carboxylic acids is 1. The topological polar surface area (TPSA) is 91.4 Å². The molecule has 2 rings (SSSR count). The molecule has 0 unspecified atom stereocenters. The Hall–Kier alpha value is -1.71. The maximum atomic E-state index is 13.9. The number of ether oxygens (including phenoxy) is 1. The van der Waals surface area contributed by atoms with Gasteiger partial charge in [-0.25, -0.2) is 4.39 Å². The normalized spacial score (nSPS) is 15.6. The van der Waals surface area contributed by atoms with Gasteiger partial charge in [-0.1, -0.05) is 19.6 Å². The van der Waals surface area contributed by atoms with Gasteiger partial charge in [-0.2, -0.15) is 0 Å². The van der Waals surface area contributed by atoms with E-state index in [1.54, 1.807) is 4.90 Å². The number of hydrogen-bond donors (Lipinski definition) is 3. The van der Waals surface area contributed by atoms with Crippen molar-refractivity contribution in [2.24, 2.45) is 5.73 Å². The Balaban J connectivity index is 2.33. The van der Waals surface area contributed by atoms with Crippen molar-refractivity contribution in [2.75, 3.05) is 23.6 Å². The van der Waals surface area contributed by atoms with Crippen LogP contribution in [0.4, 0.5) is 15.8 Å². The van der Waals surface area contributed by atoms with Crippen molar-refractivity contribution >= 4 is 47.5 Å². The summed E-state index contributed by atoms with van der Waals surface area (Å²) < 4.78 is 20.2. The van der Waals surface area contributed by atoms with E-state index in [2.05, 4.69) is 40.9 Å². The Labute approximate surface area is 155 Å². The molecule has 25 heavy (non-hydrogen) atoms. The van der Waals surface area contributed by atoms with E-state index >= 15 is 0 Å². The third-order valence-electron chi connectivity index (χ3n) is 3.72. The largest absolute Gasteiger partial charge is 0.366 e. The highest BCUT2D eigenvalue weighted by Crippen LogP contribution is 2.41. The van der Waals surface area contributed by atoms with Gasteiger partial charge in [-0.15, -0.1) is 0 Å². The fourth-order valence-electron chi connectivity index (χ4n) is 2.36. The van der Waals surface area contributed by atoms with Gasteiger partial charge in [0.1, 0.15) is 18.4 Å². The Morgan fingerprint density at radius 3 is 2.72 bits per heavy atom. The Morgan fingerprint density at radius 2 is 2.16 bits per heavy atom. The van der Waals surface area contributed by atoms with Gasteiger partial charge in [-0.3, -0.25) is 4.79 Å². The molecule has 1 aliphatic heterocycles. The van der Waals surface area contributed by atoms with Crippen LogP contribution in [0.15, 0.2) is 22.4 Å². The number of nitrogens with one attached hydrogen (secondary N) is 2. The number of benzene rings is 1. The van der Waals surface area contributed by atoms with E-state index in [-0.39, 0.29) is 12.3 Å². The van der Waals surface area contributed by atoms with Gasteiger partial charge >= 0.3 is 0 Å². The monoisotopic (exact) mass is 428 g/mol. The molecule has 0 bridgehead atoms. The molecule has 0 spiro atoms. The first-order valence-electron chi connectivity index (χ1n) is 7.80. The maximum Gasteiger partial charge on any atom is 0.250 e. The number of anilines is 2. The predicted octanol–water partition coefficient (Wildman–Crippen LogP) is 3.68. The van der Waals surface area contributed by atoms with E-state index in [0.29, 0.717) is 28.3 Å². The molecule has 0 aromatic heterocycles. The second kappa shape index (κ2) is 7.67. The number of halogens is 2. The molecule has 1 aromatic rings. The molecule has 0 aliphatic carbocycles. The fourth-order valence-corrected chi connectivity index (χ4v) is 3.43. The average molecular weight is 429 g/mol. The van der Waals surface area contributed by atoms with Crippen LogP contribution < -0.4 is 16.0 Å². The van der Waals surface area contributed by atoms with Crippen molar-refractivity contribution in [3.05, 3.63) is 33.8 Å². The third-order valence-corrected chi connectivity index (χ3v) is 6.03. The van der Waals surface area contributed by atoms with Crippen LogP contribution in [0.25, 0.3) is 0 Å². The molecule has 1 heterocycles. The van der Waals surface area contributed by atoms with E-state index in [9.17, 15) is 9.18 Å². The molecule has 0 atom stereocenters. The van der Waals surface area contributed by atoms with E-state index in [0.717, 1.165) is 18.3 Å². The highest BCUT2D eigenvalue weighted by atomic mass is 79.9. The van der Waals surface area contributed by atoms with Crippen LogP contribution in [-0.4, -0.2) is 33.5 Å². The minimum Gasteiger partial charge on any atom is -0.366 e. The van der Waals surface area contributed by atoms with Crippen LogP contribution in [-0.2, 0) is 4.74 Å². The number of amides is 1. The number of primary amides is 1. The Kier molecular flexibility index (Phi) is 6.02. The lowest BCUT2D eigenvalue weighted by atomic mass is 10.1. The van der Waals surface area contributed by atoms with Gasteiger partial charge in [0.25, 0.3) is 5.91 Å². The lowest BCUT2D eigenvalue weighted by Crippen LogP contribution is -2.27. The Morgan fingerprint density at radius 1 is 1.48 bits per heavy atom. The van der Waals surface area contributed by atoms with Crippen LogP contribution >= 0.6 is 15.9 Å². The summed E-state index contributed by atoms with van der Waals surface area (Å²) in [5.74, 6) is -0.783. The number of carbonyl (C=O) groups is 1. The molecule has 0 saturated carbocycles. The molecule has 0 fully saturated rings. The van der Waals surface area contributed by atoms with Gasteiger partial charge in [0.15, 0.2) is 0 Å². The van der Waals surface area contributed by atoms with Crippen molar-refractivity contribution in [3.63, 3.8) is 0 Å². The molecular weight excluding hydrogens is 407 g/mol. The summed E-state index contributed by atoms with van der Waals surface area (Å²) in [4.78, 5) is 13.3. The molecular formula is C16H22BrFN4O2Si. The van der Waals surface area contributed by atoms with E-state index in [1.807, 2.05) is 0 Å². The van der Waals surface area contributed by atoms with Gasteiger partial charge in [0.2, 0.25) is 0 Å². The second-order valence-electron chi connectivity index (χ2n) is 6.95. The molecule has 0 saturated heterocycles. The molecule has 6 nitrogen and oxygen atoms in total. The van der Waals surface area contributed by atoms with Crippen LogP contribution in [0.5, 0.6) is 0 Å². The first kappa shape index (κ1) is 19.6. The average Bonchev–Trinajstić information content (AvgIpc) is 2.87. The quantitative estimate of drug-likeness (QED) is 0.350. The summed E-state index contributed by atoms with van der Waals surface area (Å²) >= 11 is 3.30. The molecule has 9 heteroatoms. The molecule has 4 N–H and O–H groups in total. The zero-order valence-corrected chi connectivity index (χ0v) is 17.0. The number of nitrogens with two attached hydrogens (primary N) is 1. The highest BCUT2D eigenvalue weighted by Gasteiger charge is 2.30. The minimum atomic E-state index is -1.22. The number of allylic oxidation sites excluding steroid dienone is 1. The summed E-state index contributed by atoms with van der Waals surface area (Å²) in [6.07, 6.45) is 1.11. The standard InChI is InChI=1S/C16H22BrFN4O2Si/c1-25(2,3)5-4-24-9-22-13-7-10(18)6-11(15(20)23)14(13)21-16(22)12(17)8-19/h6-8,19,21H,4-5,9H2,1-3H3,(H2,20,23)/b16-12-,19-8?. The number of nitrogens with zero attached hydrogens (tertiary/aromatic N) is 1. The molecule has 1 aliphatic rings. The summed E-state index contributed by atoms with van der Waals surface area (Å²) in [5.41, 5.74) is 6.29. The zero-order chi connectivity index (χ0) is 18.8. The second-order valence-corrected chi connectivity index (χ2v) is 13.4. The molecule has 0 radical (unpaired) electrons. The van der Waals surface area contributed by atoms with Gasteiger partial charge in [0.05, 0.1) is 21.4 Å². The van der Waals surface area contributed by atoms with Crippen molar-refractivity contribution < 1.29 is 13.9 Å². The van der Waals surface area contributed by atoms with Crippen LogP contribution in [0.1, 0.15) is 10.4 Å². The van der Waals surface area contributed by atoms with Crippen LogP contribution in [0, 0.1) is 11.2 Å².